The van der Waals surface area contributed by atoms with Crippen LogP contribution in [0.15, 0.2) is 30.3 Å². The van der Waals surface area contributed by atoms with Crippen molar-refractivity contribution in [1.29, 1.82) is 0 Å². The zero-order valence-corrected chi connectivity index (χ0v) is 29.2. The SMILES string of the molecule is CCc1c(F)ccc2cccc(N3CCc4c(nc(OCC56CCCN5CC(F)C6)nc4N4C[C@H]5CC[C@@H](C4)N5C(=O)OC(C)(C)C)C3)c12. The molecule has 5 aliphatic rings. The lowest BCUT2D eigenvalue weighted by atomic mass is 9.95. The molecule has 0 N–H and O–H groups in total. The minimum Gasteiger partial charge on any atom is -0.461 e. The Morgan fingerprint density at radius 1 is 1.04 bits per heavy atom. The number of ether oxygens (including phenoxy) is 2. The van der Waals surface area contributed by atoms with E-state index in [1.54, 1.807) is 6.07 Å². The molecular formula is C38H48F2N6O3. The van der Waals surface area contributed by atoms with Gasteiger partial charge in [0.1, 0.15) is 30.0 Å². The molecule has 3 aromatic rings. The number of rotatable bonds is 6. The molecule has 2 bridgehead atoms. The second-order valence-corrected chi connectivity index (χ2v) is 15.7. The van der Waals surface area contributed by atoms with Gasteiger partial charge in [-0.05, 0) is 88.9 Å². The van der Waals surface area contributed by atoms with Gasteiger partial charge in [-0.3, -0.25) is 9.80 Å². The van der Waals surface area contributed by atoms with Crippen molar-refractivity contribution in [3.63, 3.8) is 0 Å². The van der Waals surface area contributed by atoms with Crippen molar-refractivity contribution in [2.45, 2.75) is 109 Å². The highest BCUT2D eigenvalue weighted by Crippen LogP contribution is 2.42. The van der Waals surface area contributed by atoms with E-state index in [-0.39, 0.29) is 29.5 Å². The number of hydrogen-bond donors (Lipinski definition) is 0. The lowest BCUT2D eigenvalue weighted by molar-refractivity contribution is 0.0122. The molecule has 2 aromatic carbocycles. The van der Waals surface area contributed by atoms with Crippen molar-refractivity contribution in [3.8, 4) is 6.01 Å². The van der Waals surface area contributed by atoms with Crippen molar-refractivity contribution >= 4 is 28.4 Å². The van der Waals surface area contributed by atoms with E-state index in [1.165, 1.54) is 0 Å². The molecule has 11 heteroatoms. The summed E-state index contributed by atoms with van der Waals surface area (Å²) in [5.74, 6) is 0.692. The van der Waals surface area contributed by atoms with Gasteiger partial charge in [-0.1, -0.05) is 25.1 Å². The first-order valence-corrected chi connectivity index (χ1v) is 18.1. The fourth-order valence-electron chi connectivity index (χ4n) is 9.27. The molecule has 0 saturated carbocycles. The van der Waals surface area contributed by atoms with Gasteiger partial charge in [0.05, 0.1) is 29.9 Å². The number of nitrogens with zero attached hydrogens (tertiary/aromatic N) is 6. The number of hydrogen-bond acceptors (Lipinski definition) is 8. The normalized spacial score (nSPS) is 26.7. The molecule has 49 heavy (non-hydrogen) atoms. The van der Waals surface area contributed by atoms with Crippen molar-refractivity contribution in [2.75, 3.05) is 49.1 Å². The predicted molar refractivity (Wildman–Crippen MR) is 186 cm³/mol. The molecule has 6 heterocycles. The predicted octanol–water partition coefficient (Wildman–Crippen LogP) is 6.44. The van der Waals surface area contributed by atoms with E-state index >= 15 is 4.39 Å². The second-order valence-electron chi connectivity index (χ2n) is 15.7. The summed E-state index contributed by atoms with van der Waals surface area (Å²) in [6, 6.07) is 9.98. The van der Waals surface area contributed by atoms with Gasteiger partial charge in [-0.15, -0.1) is 0 Å². The fraction of sp³-hybridized carbons (Fsp3) is 0.605. The third kappa shape index (κ3) is 5.85. The van der Waals surface area contributed by atoms with Gasteiger partial charge in [-0.2, -0.15) is 9.97 Å². The summed E-state index contributed by atoms with van der Waals surface area (Å²) in [6.45, 7) is 12.0. The number of amides is 1. The van der Waals surface area contributed by atoms with Crippen molar-refractivity contribution < 1.29 is 23.0 Å². The Morgan fingerprint density at radius 2 is 1.84 bits per heavy atom. The van der Waals surface area contributed by atoms with Crippen LogP contribution >= 0.6 is 0 Å². The summed E-state index contributed by atoms with van der Waals surface area (Å²) in [5.41, 5.74) is 2.86. The minimum atomic E-state index is -0.840. The molecule has 4 fully saturated rings. The van der Waals surface area contributed by atoms with Gasteiger partial charge < -0.3 is 19.3 Å². The highest BCUT2D eigenvalue weighted by Gasteiger charge is 2.50. The molecular weight excluding hydrogens is 626 g/mol. The Morgan fingerprint density at radius 3 is 2.59 bits per heavy atom. The van der Waals surface area contributed by atoms with Gasteiger partial charge in [0.15, 0.2) is 0 Å². The quantitative estimate of drug-likeness (QED) is 0.296. The van der Waals surface area contributed by atoms with Crippen molar-refractivity contribution in [3.05, 3.63) is 53.0 Å². The van der Waals surface area contributed by atoms with E-state index in [0.29, 0.717) is 51.6 Å². The van der Waals surface area contributed by atoms with Crippen LogP contribution in [-0.2, 0) is 24.1 Å². The number of aromatic nitrogens is 2. The zero-order valence-electron chi connectivity index (χ0n) is 29.2. The third-order valence-corrected chi connectivity index (χ3v) is 11.4. The van der Waals surface area contributed by atoms with Gasteiger partial charge in [0, 0.05) is 49.2 Å². The standard InChI is InChI=1S/C38H48F2N6O3/c1-5-28-30(40)13-10-24-8-6-9-32(33(24)28)43-17-14-29-31(22-43)41-35(48-23-38-15-7-16-45(38)19-25(39)18-38)42-34(29)44-20-26-11-12-27(21-44)46(26)36(47)49-37(2,3)4/h6,8-10,13,25-27H,5,7,11-12,14-23H2,1-4H3/t25?,26-,27+,38?. The van der Waals surface area contributed by atoms with E-state index in [0.717, 1.165) is 84.3 Å². The van der Waals surface area contributed by atoms with E-state index in [4.69, 9.17) is 19.4 Å². The maximum absolute atomic E-state index is 15.1. The van der Waals surface area contributed by atoms with Crippen LogP contribution in [0.3, 0.4) is 0 Å². The monoisotopic (exact) mass is 674 g/mol. The minimum absolute atomic E-state index is 0.0348. The summed E-state index contributed by atoms with van der Waals surface area (Å²) in [7, 11) is 0. The van der Waals surface area contributed by atoms with Crippen LogP contribution in [0.4, 0.5) is 25.1 Å². The number of aryl methyl sites for hydroxylation is 1. The number of carbonyl (C=O) groups excluding carboxylic acids is 1. The largest absolute Gasteiger partial charge is 0.461 e. The molecule has 0 radical (unpaired) electrons. The maximum Gasteiger partial charge on any atom is 0.410 e. The first kappa shape index (κ1) is 32.5. The summed E-state index contributed by atoms with van der Waals surface area (Å²) in [5, 5.41) is 1.98. The van der Waals surface area contributed by atoms with Crippen molar-refractivity contribution in [1.82, 2.24) is 19.8 Å². The second kappa shape index (κ2) is 12.2. The summed E-state index contributed by atoms with van der Waals surface area (Å²) < 4.78 is 41.9. The van der Waals surface area contributed by atoms with E-state index in [9.17, 15) is 9.18 Å². The molecule has 4 atom stereocenters. The molecule has 5 aliphatic heterocycles. The number of fused-ring (bicyclic) bond motifs is 5. The summed E-state index contributed by atoms with van der Waals surface area (Å²) in [6.07, 6.45) is 4.51. The van der Waals surface area contributed by atoms with Crippen molar-refractivity contribution in [2.24, 2.45) is 0 Å². The first-order valence-electron chi connectivity index (χ1n) is 18.1. The highest BCUT2D eigenvalue weighted by molar-refractivity contribution is 5.97. The fourth-order valence-corrected chi connectivity index (χ4v) is 9.27. The highest BCUT2D eigenvalue weighted by atomic mass is 19.1. The van der Waals surface area contributed by atoms with Crippen LogP contribution in [-0.4, -0.2) is 94.6 Å². The van der Waals surface area contributed by atoms with Crippen LogP contribution < -0.4 is 14.5 Å². The molecule has 0 spiro atoms. The van der Waals surface area contributed by atoms with E-state index < -0.39 is 11.8 Å². The number of alkyl halides is 1. The van der Waals surface area contributed by atoms with Crippen LogP contribution in [0.25, 0.3) is 10.8 Å². The van der Waals surface area contributed by atoms with Gasteiger partial charge in [0.25, 0.3) is 0 Å². The Bertz CT molecular complexity index is 1750. The number of benzene rings is 2. The van der Waals surface area contributed by atoms with E-state index in [1.807, 2.05) is 50.8 Å². The maximum atomic E-state index is 15.1. The Balaban J connectivity index is 1.13. The molecule has 262 valence electrons. The topological polar surface area (TPSA) is 74.3 Å². The molecule has 2 unspecified atom stereocenters. The van der Waals surface area contributed by atoms with Crippen LogP contribution in [0.5, 0.6) is 6.01 Å². The first-order chi connectivity index (χ1) is 23.5. The Labute approximate surface area is 287 Å². The Kier molecular flexibility index (Phi) is 8.12. The van der Waals surface area contributed by atoms with Crippen LogP contribution in [0, 0.1) is 5.82 Å². The number of anilines is 2. The third-order valence-electron chi connectivity index (χ3n) is 11.4. The Hall–Kier alpha value is -3.73. The van der Waals surface area contributed by atoms with Gasteiger partial charge >= 0.3 is 12.1 Å². The molecule has 9 nitrogen and oxygen atoms in total. The number of halogens is 2. The number of piperazine rings is 1. The molecule has 8 rings (SSSR count). The summed E-state index contributed by atoms with van der Waals surface area (Å²) in [4.78, 5) is 32.2. The van der Waals surface area contributed by atoms with Crippen LogP contribution in [0.2, 0.25) is 0 Å². The average Bonchev–Trinajstić information content (AvgIpc) is 3.68. The molecule has 1 aromatic heterocycles. The summed E-state index contributed by atoms with van der Waals surface area (Å²) >= 11 is 0. The lowest BCUT2D eigenvalue weighted by Crippen LogP contribution is -2.57. The zero-order chi connectivity index (χ0) is 34.1. The molecule has 0 aliphatic carbocycles. The number of carbonyl (C=O) groups is 1. The molecule has 1 amide bonds. The lowest BCUT2D eigenvalue weighted by Gasteiger charge is -2.43. The smallest absolute Gasteiger partial charge is 0.410 e. The van der Waals surface area contributed by atoms with Crippen LogP contribution in [0.1, 0.15) is 76.6 Å². The average molecular weight is 675 g/mol. The molecule has 4 saturated heterocycles. The van der Waals surface area contributed by atoms with E-state index in [2.05, 4.69) is 20.8 Å². The van der Waals surface area contributed by atoms with Gasteiger partial charge in [-0.25, -0.2) is 13.6 Å². The van der Waals surface area contributed by atoms with Gasteiger partial charge in [0.2, 0.25) is 0 Å².